The fourth-order valence-corrected chi connectivity index (χ4v) is 1.60. The molecule has 1 amide bonds. The Morgan fingerprint density at radius 2 is 1.89 bits per heavy atom. The summed E-state index contributed by atoms with van der Waals surface area (Å²) in [6.45, 7) is 0.153. The van der Waals surface area contributed by atoms with E-state index in [1.807, 2.05) is 0 Å². The molecule has 2 aromatic rings. The predicted molar refractivity (Wildman–Crippen MR) is 75.7 cm³/mol. The largest absolute Gasteiger partial charge is 0.399 e. The molecular weight excluding hydrogens is 267 g/mol. The highest BCUT2D eigenvalue weighted by molar-refractivity contribution is 5.94. The van der Waals surface area contributed by atoms with Crippen LogP contribution in [0.3, 0.4) is 0 Å². The second-order valence-electron chi connectivity index (χ2n) is 3.90. The number of nitrogen functional groups attached to an aromatic ring is 1. The van der Waals surface area contributed by atoms with Gasteiger partial charge in [-0.1, -0.05) is 24.3 Å². The highest BCUT2D eigenvalue weighted by atomic mass is 35.5. The van der Waals surface area contributed by atoms with Gasteiger partial charge in [-0.3, -0.25) is 4.79 Å². The standard InChI is InChI=1S/C14H13FN2O.ClH/c15-13-7-2-1-4-11(13)9-17-14(18)10-5-3-6-12(16)8-10;/h1-8H,9,16H2,(H,17,18);1H. The summed E-state index contributed by atoms with van der Waals surface area (Å²) in [7, 11) is 0. The second-order valence-corrected chi connectivity index (χ2v) is 3.90. The first-order valence-corrected chi connectivity index (χ1v) is 5.54. The van der Waals surface area contributed by atoms with Crippen molar-refractivity contribution in [1.82, 2.24) is 5.32 Å². The van der Waals surface area contributed by atoms with Gasteiger partial charge in [-0.25, -0.2) is 4.39 Å². The smallest absolute Gasteiger partial charge is 0.251 e. The van der Waals surface area contributed by atoms with Gasteiger partial charge in [0.15, 0.2) is 0 Å². The van der Waals surface area contributed by atoms with E-state index >= 15 is 0 Å². The number of amides is 1. The van der Waals surface area contributed by atoms with E-state index in [-0.39, 0.29) is 30.7 Å². The minimum Gasteiger partial charge on any atom is -0.399 e. The van der Waals surface area contributed by atoms with Crippen molar-refractivity contribution in [3.63, 3.8) is 0 Å². The van der Waals surface area contributed by atoms with Gasteiger partial charge in [0.25, 0.3) is 5.91 Å². The molecule has 2 aromatic carbocycles. The van der Waals surface area contributed by atoms with Crippen molar-refractivity contribution in [1.29, 1.82) is 0 Å². The van der Waals surface area contributed by atoms with Gasteiger partial charge in [-0.15, -0.1) is 12.4 Å². The SMILES string of the molecule is Cl.Nc1cccc(C(=O)NCc2ccccc2F)c1. The monoisotopic (exact) mass is 280 g/mol. The third kappa shape index (κ3) is 3.96. The summed E-state index contributed by atoms with van der Waals surface area (Å²) in [5.41, 5.74) is 7.03. The molecule has 3 N–H and O–H groups in total. The number of hydrogen-bond acceptors (Lipinski definition) is 2. The van der Waals surface area contributed by atoms with Gasteiger partial charge >= 0.3 is 0 Å². The Morgan fingerprint density at radius 1 is 1.16 bits per heavy atom. The van der Waals surface area contributed by atoms with E-state index in [2.05, 4.69) is 5.32 Å². The lowest BCUT2D eigenvalue weighted by molar-refractivity contribution is 0.0950. The zero-order valence-electron chi connectivity index (χ0n) is 10.1. The Morgan fingerprint density at radius 3 is 2.58 bits per heavy atom. The van der Waals surface area contributed by atoms with Gasteiger partial charge in [-0.05, 0) is 24.3 Å². The van der Waals surface area contributed by atoms with E-state index in [1.165, 1.54) is 6.07 Å². The molecule has 0 spiro atoms. The van der Waals surface area contributed by atoms with Crippen molar-refractivity contribution in [2.45, 2.75) is 6.54 Å². The van der Waals surface area contributed by atoms with E-state index < -0.39 is 0 Å². The van der Waals surface area contributed by atoms with Crippen molar-refractivity contribution >= 4 is 24.0 Å². The highest BCUT2D eigenvalue weighted by Gasteiger charge is 2.06. The molecule has 0 unspecified atom stereocenters. The zero-order chi connectivity index (χ0) is 13.0. The average molecular weight is 281 g/mol. The number of hydrogen-bond donors (Lipinski definition) is 2. The summed E-state index contributed by atoms with van der Waals surface area (Å²) in [5.74, 6) is -0.601. The summed E-state index contributed by atoms with van der Waals surface area (Å²) in [6, 6.07) is 13.0. The number of rotatable bonds is 3. The summed E-state index contributed by atoms with van der Waals surface area (Å²) in [5, 5.41) is 2.65. The van der Waals surface area contributed by atoms with Crippen LogP contribution in [0.5, 0.6) is 0 Å². The quantitative estimate of drug-likeness (QED) is 0.850. The van der Waals surface area contributed by atoms with E-state index in [0.29, 0.717) is 16.8 Å². The molecule has 3 nitrogen and oxygen atoms in total. The predicted octanol–water partition coefficient (Wildman–Crippen LogP) is 2.76. The van der Waals surface area contributed by atoms with Crippen LogP contribution in [0.25, 0.3) is 0 Å². The summed E-state index contributed by atoms with van der Waals surface area (Å²) in [4.78, 5) is 11.8. The number of nitrogens with two attached hydrogens (primary N) is 1. The fraction of sp³-hybridized carbons (Fsp3) is 0.0714. The van der Waals surface area contributed by atoms with E-state index in [9.17, 15) is 9.18 Å². The second kappa shape index (κ2) is 6.75. The Labute approximate surface area is 117 Å². The molecule has 0 fully saturated rings. The van der Waals surface area contributed by atoms with Gasteiger partial charge < -0.3 is 11.1 Å². The molecule has 19 heavy (non-hydrogen) atoms. The van der Waals surface area contributed by atoms with Crippen molar-refractivity contribution in [3.05, 3.63) is 65.5 Å². The molecule has 0 radical (unpaired) electrons. The number of halogens is 2. The maximum atomic E-state index is 13.3. The molecule has 0 saturated carbocycles. The lowest BCUT2D eigenvalue weighted by Gasteiger charge is -2.06. The van der Waals surface area contributed by atoms with E-state index in [0.717, 1.165) is 0 Å². The summed E-state index contributed by atoms with van der Waals surface area (Å²) in [6.07, 6.45) is 0. The fourth-order valence-electron chi connectivity index (χ4n) is 1.60. The van der Waals surface area contributed by atoms with Crippen LogP contribution in [-0.2, 0) is 6.54 Å². The topological polar surface area (TPSA) is 55.1 Å². The molecule has 0 bridgehead atoms. The molecule has 100 valence electrons. The third-order valence-electron chi connectivity index (χ3n) is 2.55. The Kier molecular flexibility index (Phi) is 5.33. The Bertz CT molecular complexity index is 575. The molecule has 5 heteroatoms. The summed E-state index contributed by atoms with van der Waals surface area (Å²) >= 11 is 0. The van der Waals surface area contributed by atoms with Crippen LogP contribution in [-0.4, -0.2) is 5.91 Å². The van der Waals surface area contributed by atoms with Gasteiger partial charge in [0.05, 0.1) is 0 Å². The van der Waals surface area contributed by atoms with Crippen LogP contribution in [0.15, 0.2) is 48.5 Å². The van der Waals surface area contributed by atoms with Gasteiger partial charge in [0.2, 0.25) is 0 Å². The first-order valence-electron chi connectivity index (χ1n) is 5.54. The Balaban J connectivity index is 0.00000180. The average Bonchev–Trinajstić information content (AvgIpc) is 2.37. The van der Waals surface area contributed by atoms with E-state index in [4.69, 9.17) is 5.73 Å². The van der Waals surface area contributed by atoms with Crippen molar-refractivity contribution in [3.8, 4) is 0 Å². The van der Waals surface area contributed by atoms with Crippen molar-refractivity contribution in [2.24, 2.45) is 0 Å². The molecule has 0 heterocycles. The van der Waals surface area contributed by atoms with Crippen molar-refractivity contribution in [2.75, 3.05) is 5.73 Å². The summed E-state index contributed by atoms with van der Waals surface area (Å²) < 4.78 is 13.3. The maximum Gasteiger partial charge on any atom is 0.251 e. The maximum absolute atomic E-state index is 13.3. The molecule has 0 atom stereocenters. The molecule has 2 rings (SSSR count). The van der Waals surface area contributed by atoms with Crippen LogP contribution in [0, 0.1) is 5.82 Å². The van der Waals surface area contributed by atoms with Gasteiger partial charge in [0, 0.05) is 23.4 Å². The van der Waals surface area contributed by atoms with Crippen LogP contribution < -0.4 is 11.1 Å². The first kappa shape index (κ1) is 15.0. The molecule has 0 aliphatic rings. The van der Waals surface area contributed by atoms with E-state index in [1.54, 1.807) is 42.5 Å². The van der Waals surface area contributed by atoms with Gasteiger partial charge in [-0.2, -0.15) is 0 Å². The Hall–Kier alpha value is -2.07. The normalized spacial score (nSPS) is 9.53. The van der Waals surface area contributed by atoms with Crippen LogP contribution in [0.4, 0.5) is 10.1 Å². The van der Waals surface area contributed by atoms with Crippen LogP contribution in [0.2, 0.25) is 0 Å². The van der Waals surface area contributed by atoms with Crippen LogP contribution in [0.1, 0.15) is 15.9 Å². The number of benzene rings is 2. The lowest BCUT2D eigenvalue weighted by atomic mass is 10.1. The molecule has 0 aliphatic carbocycles. The lowest BCUT2D eigenvalue weighted by Crippen LogP contribution is -2.23. The minimum absolute atomic E-state index is 0. The molecule has 0 saturated heterocycles. The number of anilines is 1. The molecule has 0 aromatic heterocycles. The van der Waals surface area contributed by atoms with Crippen molar-refractivity contribution < 1.29 is 9.18 Å². The molecular formula is C14H14ClFN2O. The zero-order valence-corrected chi connectivity index (χ0v) is 10.9. The minimum atomic E-state index is -0.328. The number of carbonyl (C=O) groups excluding carboxylic acids is 1. The van der Waals surface area contributed by atoms with Gasteiger partial charge in [0.1, 0.15) is 5.82 Å². The molecule has 0 aliphatic heterocycles. The first-order chi connectivity index (χ1) is 8.66. The van der Waals surface area contributed by atoms with Crippen LogP contribution >= 0.6 is 12.4 Å². The third-order valence-corrected chi connectivity index (χ3v) is 2.55. The number of carbonyl (C=O) groups is 1. The number of nitrogens with one attached hydrogen (secondary N) is 1. The highest BCUT2D eigenvalue weighted by Crippen LogP contribution is 2.08.